The quantitative estimate of drug-likeness (QED) is 0.218. The van der Waals surface area contributed by atoms with Gasteiger partial charge in [-0.2, -0.15) is 5.48 Å². The Morgan fingerprint density at radius 1 is 1.56 bits per heavy atom. The van der Waals surface area contributed by atoms with Gasteiger partial charge in [-0.05, 0) is 12.5 Å². The van der Waals surface area contributed by atoms with Crippen molar-refractivity contribution < 1.29 is 4.84 Å². The summed E-state index contributed by atoms with van der Waals surface area (Å²) in [5, 5.41) is 13.5. The van der Waals surface area contributed by atoms with Gasteiger partial charge in [0.2, 0.25) is 0 Å². The average molecular weight is 251 g/mol. The van der Waals surface area contributed by atoms with Crippen LogP contribution in [0.15, 0.2) is 29.1 Å². The van der Waals surface area contributed by atoms with Gasteiger partial charge in [0.1, 0.15) is 12.6 Å². The molecular formula is C12H21N5O. The topological polar surface area (TPSA) is 81.5 Å². The molecule has 0 amide bonds. The van der Waals surface area contributed by atoms with Gasteiger partial charge in [0.15, 0.2) is 0 Å². The second-order valence-electron chi connectivity index (χ2n) is 4.03. The van der Waals surface area contributed by atoms with E-state index in [0.29, 0.717) is 11.6 Å². The molecule has 0 bridgehead atoms. The van der Waals surface area contributed by atoms with E-state index in [-0.39, 0.29) is 0 Å². The average Bonchev–Trinajstić information content (AvgIpc) is 2.31. The van der Waals surface area contributed by atoms with E-state index in [9.17, 15) is 0 Å². The highest BCUT2D eigenvalue weighted by atomic mass is 16.6. The van der Waals surface area contributed by atoms with Crippen molar-refractivity contribution >= 4 is 12.1 Å². The molecule has 0 aromatic carbocycles. The van der Waals surface area contributed by atoms with Gasteiger partial charge < -0.3 is 15.5 Å². The lowest BCUT2D eigenvalue weighted by Gasteiger charge is -2.26. The van der Waals surface area contributed by atoms with Crippen molar-refractivity contribution in [3.05, 3.63) is 24.1 Å². The van der Waals surface area contributed by atoms with Crippen LogP contribution in [0, 0.1) is 11.3 Å². The van der Waals surface area contributed by atoms with Crippen molar-refractivity contribution in [2.75, 3.05) is 26.7 Å². The van der Waals surface area contributed by atoms with E-state index in [4.69, 9.17) is 10.2 Å². The molecule has 1 rings (SSSR count). The van der Waals surface area contributed by atoms with Crippen LogP contribution in [-0.2, 0) is 4.84 Å². The summed E-state index contributed by atoms with van der Waals surface area (Å²) in [4.78, 5) is 8.86. The first-order valence-electron chi connectivity index (χ1n) is 5.95. The number of nitrogens with one attached hydrogen (secondary N) is 4. The second-order valence-corrected chi connectivity index (χ2v) is 4.03. The van der Waals surface area contributed by atoms with Crippen LogP contribution in [0.3, 0.4) is 0 Å². The summed E-state index contributed by atoms with van der Waals surface area (Å²) in [5.41, 5.74) is 4.19. The van der Waals surface area contributed by atoms with Gasteiger partial charge in [0.25, 0.3) is 0 Å². The monoisotopic (exact) mass is 251 g/mol. The molecule has 1 aliphatic heterocycles. The Morgan fingerprint density at radius 3 is 2.89 bits per heavy atom. The molecule has 0 aromatic rings. The summed E-state index contributed by atoms with van der Waals surface area (Å²) < 4.78 is 0. The van der Waals surface area contributed by atoms with E-state index in [1.54, 1.807) is 13.1 Å². The van der Waals surface area contributed by atoms with Crippen molar-refractivity contribution in [1.29, 1.82) is 5.41 Å². The SMILES string of the molecule is CNO/C=C/C(=N/C=N)C(/C)=C/NCC1CNC1. The van der Waals surface area contributed by atoms with Gasteiger partial charge in [-0.1, -0.05) is 0 Å². The van der Waals surface area contributed by atoms with E-state index in [1.807, 2.05) is 13.1 Å². The molecule has 1 aliphatic rings. The first-order valence-corrected chi connectivity index (χ1v) is 5.95. The Hall–Kier alpha value is -1.66. The van der Waals surface area contributed by atoms with E-state index in [0.717, 1.165) is 31.5 Å². The van der Waals surface area contributed by atoms with Crippen LogP contribution in [0.1, 0.15) is 6.92 Å². The Labute approximate surface area is 108 Å². The molecule has 6 heteroatoms. The molecular weight excluding hydrogens is 230 g/mol. The van der Waals surface area contributed by atoms with Gasteiger partial charge in [-0.15, -0.1) is 0 Å². The fourth-order valence-electron chi connectivity index (χ4n) is 1.46. The van der Waals surface area contributed by atoms with Crippen LogP contribution >= 0.6 is 0 Å². The lowest BCUT2D eigenvalue weighted by Crippen LogP contribution is -2.46. The summed E-state index contributed by atoms with van der Waals surface area (Å²) >= 11 is 0. The maximum atomic E-state index is 7.03. The zero-order chi connectivity index (χ0) is 13.2. The Morgan fingerprint density at radius 2 is 2.33 bits per heavy atom. The van der Waals surface area contributed by atoms with Crippen LogP contribution in [0.25, 0.3) is 0 Å². The number of nitrogens with zero attached hydrogens (tertiary/aromatic N) is 1. The van der Waals surface area contributed by atoms with Crippen LogP contribution in [-0.4, -0.2) is 38.7 Å². The highest BCUT2D eigenvalue weighted by Crippen LogP contribution is 2.02. The van der Waals surface area contributed by atoms with Gasteiger partial charge in [-0.25, -0.2) is 4.99 Å². The summed E-state index contributed by atoms with van der Waals surface area (Å²) in [6.45, 7) is 5.06. The highest BCUT2D eigenvalue weighted by molar-refractivity contribution is 6.10. The minimum atomic E-state index is 0.694. The highest BCUT2D eigenvalue weighted by Gasteiger charge is 2.14. The predicted octanol–water partition coefficient (Wildman–Crippen LogP) is 0.412. The Kier molecular flexibility index (Phi) is 6.75. The maximum absolute atomic E-state index is 7.03. The molecule has 0 radical (unpaired) electrons. The van der Waals surface area contributed by atoms with E-state index in [2.05, 4.69) is 21.1 Å². The third-order valence-electron chi connectivity index (χ3n) is 2.61. The number of hydroxylamine groups is 1. The molecule has 100 valence electrons. The minimum Gasteiger partial charge on any atom is -0.417 e. The molecule has 0 saturated carbocycles. The van der Waals surface area contributed by atoms with E-state index in [1.165, 1.54) is 6.26 Å². The first kappa shape index (κ1) is 14.4. The van der Waals surface area contributed by atoms with Crippen LogP contribution in [0.2, 0.25) is 0 Å². The molecule has 1 fully saturated rings. The summed E-state index contributed by atoms with van der Waals surface area (Å²) in [6, 6.07) is 0. The predicted molar refractivity (Wildman–Crippen MR) is 73.6 cm³/mol. The first-order chi connectivity index (χ1) is 8.77. The van der Waals surface area contributed by atoms with Crippen molar-refractivity contribution in [3.8, 4) is 0 Å². The van der Waals surface area contributed by atoms with Gasteiger partial charge >= 0.3 is 0 Å². The zero-order valence-corrected chi connectivity index (χ0v) is 10.9. The van der Waals surface area contributed by atoms with E-state index < -0.39 is 0 Å². The number of hydrogen-bond donors (Lipinski definition) is 4. The third-order valence-corrected chi connectivity index (χ3v) is 2.61. The molecule has 1 saturated heterocycles. The van der Waals surface area contributed by atoms with Gasteiger partial charge in [-0.3, -0.25) is 5.41 Å². The number of hydrogen-bond acceptors (Lipinski definition) is 5. The fraction of sp³-hybridized carbons (Fsp3) is 0.500. The number of rotatable bonds is 8. The van der Waals surface area contributed by atoms with Crippen LogP contribution in [0.5, 0.6) is 0 Å². The van der Waals surface area contributed by atoms with Crippen molar-refractivity contribution in [2.45, 2.75) is 6.92 Å². The maximum Gasteiger partial charge on any atom is 0.113 e. The Balaban J connectivity index is 2.46. The summed E-state index contributed by atoms with van der Waals surface area (Å²) in [7, 11) is 1.68. The molecule has 1 heterocycles. The standard InChI is InChI=1S/C12H21N5O/c1-10(5-15-6-11-7-16-8-11)12(17-9-13)3-4-18-14-2/h3-5,9,11,13-16H,6-8H2,1-2H3/b4-3+,10-5+,13-9?,17-12-. The van der Waals surface area contributed by atoms with Crippen LogP contribution < -0.4 is 16.1 Å². The number of allylic oxidation sites excluding steroid dienone is 2. The molecule has 18 heavy (non-hydrogen) atoms. The van der Waals surface area contributed by atoms with Crippen molar-refractivity contribution in [1.82, 2.24) is 16.1 Å². The molecule has 0 spiro atoms. The molecule has 0 atom stereocenters. The van der Waals surface area contributed by atoms with Gasteiger partial charge in [0.05, 0.1) is 5.71 Å². The van der Waals surface area contributed by atoms with Gasteiger partial charge in [0, 0.05) is 44.9 Å². The van der Waals surface area contributed by atoms with Crippen molar-refractivity contribution in [3.63, 3.8) is 0 Å². The second kappa shape index (κ2) is 8.43. The molecule has 0 aromatic heterocycles. The smallest absolute Gasteiger partial charge is 0.113 e. The lowest BCUT2D eigenvalue weighted by molar-refractivity contribution is 0.159. The summed E-state index contributed by atoms with van der Waals surface area (Å²) in [5.74, 6) is 0.709. The fourth-order valence-corrected chi connectivity index (χ4v) is 1.46. The van der Waals surface area contributed by atoms with Crippen molar-refractivity contribution in [2.24, 2.45) is 10.9 Å². The minimum absolute atomic E-state index is 0.694. The van der Waals surface area contributed by atoms with Crippen LogP contribution in [0.4, 0.5) is 0 Å². The van der Waals surface area contributed by atoms with E-state index >= 15 is 0 Å². The largest absolute Gasteiger partial charge is 0.417 e. The number of aliphatic imine (C=N–C) groups is 1. The summed E-state index contributed by atoms with van der Waals surface area (Å²) in [6.07, 6.45) is 6.14. The zero-order valence-electron chi connectivity index (χ0n) is 10.9. The normalized spacial score (nSPS) is 17.7. The molecule has 4 N–H and O–H groups in total. The third kappa shape index (κ3) is 5.11. The lowest BCUT2D eigenvalue weighted by atomic mass is 10.0. The molecule has 6 nitrogen and oxygen atoms in total. The molecule has 0 unspecified atom stereocenters. The molecule has 0 aliphatic carbocycles. The Bertz CT molecular complexity index is 344.